The van der Waals surface area contributed by atoms with Crippen LogP contribution in [0.4, 0.5) is 0 Å². The van der Waals surface area contributed by atoms with Crippen molar-refractivity contribution in [1.29, 1.82) is 0 Å². The van der Waals surface area contributed by atoms with Crippen molar-refractivity contribution in [3.8, 4) is 11.3 Å². The fourth-order valence-corrected chi connectivity index (χ4v) is 7.67. The van der Waals surface area contributed by atoms with Gasteiger partial charge >= 0.3 is 5.97 Å². The molecule has 57 heavy (non-hydrogen) atoms. The molecule has 0 aliphatic rings. The van der Waals surface area contributed by atoms with Gasteiger partial charge in [-0.2, -0.15) is 0 Å². The van der Waals surface area contributed by atoms with Crippen LogP contribution in [0.1, 0.15) is 82.6 Å². The lowest BCUT2D eigenvalue weighted by atomic mass is 10.0. The molecule has 0 radical (unpaired) electrons. The quantitative estimate of drug-likeness (QED) is 0.0379. The van der Waals surface area contributed by atoms with E-state index in [1.165, 1.54) is 6.07 Å². The molecule has 1 heterocycles. The molecule has 0 saturated carbocycles. The first kappa shape index (κ1) is 48.5. The molecule has 6 N–H and O–H groups in total. The van der Waals surface area contributed by atoms with E-state index < -0.39 is 53.2 Å². The summed E-state index contributed by atoms with van der Waals surface area (Å²) in [4.78, 5) is 51.2. The number of aliphatic hydroxyl groups excluding tert-OH is 2. The molecule has 12 nitrogen and oxygen atoms in total. The minimum Gasteiger partial charge on any atom is -0.480 e. The summed E-state index contributed by atoms with van der Waals surface area (Å²) in [5.74, 6) is -2.60. The molecule has 3 amide bonds. The van der Waals surface area contributed by atoms with E-state index >= 15 is 0 Å². The van der Waals surface area contributed by atoms with E-state index in [1.807, 2.05) is 30.4 Å². The van der Waals surface area contributed by atoms with Crippen molar-refractivity contribution in [3.63, 3.8) is 0 Å². The van der Waals surface area contributed by atoms with Gasteiger partial charge in [-0.1, -0.05) is 137 Å². The van der Waals surface area contributed by atoms with Gasteiger partial charge in [0.25, 0.3) is 5.91 Å². The van der Waals surface area contributed by atoms with Gasteiger partial charge in [0.1, 0.15) is 12.1 Å². The van der Waals surface area contributed by atoms with Crippen molar-refractivity contribution < 1.29 is 39.0 Å². The Kier molecular flexibility index (Phi) is 24.4. The van der Waals surface area contributed by atoms with Crippen molar-refractivity contribution in [1.82, 2.24) is 21.1 Å². The maximum absolute atomic E-state index is 13.3. The molecule has 3 unspecified atom stereocenters. The van der Waals surface area contributed by atoms with Crippen LogP contribution in [-0.4, -0.2) is 86.0 Å². The molecule has 0 spiro atoms. The molecular weight excluding hydrogens is 765 g/mol. The van der Waals surface area contributed by atoms with E-state index in [0.717, 1.165) is 60.1 Å². The molecule has 0 aliphatic carbocycles. The summed E-state index contributed by atoms with van der Waals surface area (Å²) in [6, 6.07) is 8.11. The Morgan fingerprint density at radius 1 is 0.842 bits per heavy atom. The third-order valence-corrected chi connectivity index (χ3v) is 11.3. The summed E-state index contributed by atoms with van der Waals surface area (Å²) >= 11 is 0. The highest BCUT2D eigenvalue weighted by atomic mass is 33.1. The molecule has 2 rings (SSSR count). The fraction of sp³-hybridized carbons (Fsp3) is 0.419. The van der Waals surface area contributed by atoms with E-state index in [9.17, 15) is 34.5 Å². The lowest BCUT2D eigenvalue weighted by molar-refractivity contribution is -0.141. The van der Waals surface area contributed by atoms with Crippen LogP contribution in [0.25, 0.3) is 11.3 Å². The maximum atomic E-state index is 13.3. The number of allylic oxidation sites excluding steroid dienone is 12. The van der Waals surface area contributed by atoms with E-state index in [2.05, 4.69) is 88.8 Å². The van der Waals surface area contributed by atoms with Crippen molar-refractivity contribution in [2.75, 3.05) is 18.9 Å². The van der Waals surface area contributed by atoms with E-state index in [4.69, 9.17) is 4.52 Å². The first-order valence-electron chi connectivity index (χ1n) is 19.1. The van der Waals surface area contributed by atoms with Crippen LogP contribution < -0.4 is 16.0 Å². The number of aliphatic hydroxyl groups is 2. The predicted octanol–water partition coefficient (Wildman–Crippen LogP) is 7.12. The summed E-state index contributed by atoms with van der Waals surface area (Å²) in [5, 5.41) is 40.4. The molecule has 3 atom stereocenters. The standard InChI is InChI=1S/C43H58N4O8S2/c1-4-5-6-7-8-9-10-11-12-13-14-15-16-17-18-19-20-21-25-28-38(50)45-36(42(53)54)32-56-57-43(2,3)39(41(52)44-30-34(49)31-48)46-40(51)35-29-37(55-47-35)33-26-23-22-24-27-33/h5-6,8-9,11-12,14-15,17-18,20-24,26-27,29,34,36,39,48-49H,4,7,10,13,16,19,25,28,30-32H2,1-3H3,(H,44,52)(H,45,50)(H,46,51)(H,53,54)/b6-5-,9-8-,12-11-,15-14-,18-17-,21-20-. The molecule has 0 aliphatic heterocycles. The summed E-state index contributed by atoms with van der Waals surface area (Å²) < 4.78 is 4.30. The minimum absolute atomic E-state index is 0.0235. The number of aliphatic carboxylic acids is 1. The Labute approximate surface area is 344 Å². The van der Waals surface area contributed by atoms with Gasteiger partial charge in [-0.25, -0.2) is 4.79 Å². The van der Waals surface area contributed by atoms with Gasteiger partial charge in [0.15, 0.2) is 11.5 Å². The molecule has 0 fully saturated rings. The van der Waals surface area contributed by atoms with E-state index in [1.54, 1.807) is 26.0 Å². The highest BCUT2D eigenvalue weighted by molar-refractivity contribution is 8.77. The summed E-state index contributed by atoms with van der Waals surface area (Å²) in [6.07, 6.45) is 30.1. The molecule has 0 saturated heterocycles. The molecule has 1 aromatic heterocycles. The zero-order chi connectivity index (χ0) is 41.7. The fourth-order valence-electron chi connectivity index (χ4n) is 4.86. The van der Waals surface area contributed by atoms with Gasteiger partial charge in [-0.15, -0.1) is 0 Å². The lowest BCUT2D eigenvalue weighted by Gasteiger charge is -2.33. The van der Waals surface area contributed by atoms with Crippen LogP contribution >= 0.6 is 21.6 Å². The minimum atomic E-state index is -1.21. The second-order valence-electron chi connectivity index (χ2n) is 13.3. The maximum Gasteiger partial charge on any atom is 0.327 e. The van der Waals surface area contributed by atoms with E-state index in [0.29, 0.717) is 17.7 Å². The number of hydrogen-bond acceptors (Lipinski definition) is 10. The zero-order valence-corrected chi connectivity index (χ0v) is 34.7. The van der Waals surface area contributed by atoms with Crippen LogP contribution in [0.3, 0.4) is 0 Å². The van der Waals surface area contributed by atoms with Gasteiger partial charge in [-0.05, 0) is 58.8 Å². The van der Waals surface area contributed by atoms with Gasteiger partial charge < -0.3 is 35.8 Å². The number of hydrogen-bond donors (Lipinski definition) is 6. The Morgan fingerprint density at radius 2 is 1.40 bits per heavy atom. The molecule has 1 aromatic carbocycles. The Balaban J connectivity index is 1.81. The zero-order valence-electron chi connectivity index (χ0n) is 33.0. The van der Waals surface area contributed by atoms with Crippen molar-refractivity contribution >= 4 is 45.3 Å². The number of nitrogens with zero attached hydrogens (tertiary/aromatic N) is 1. The third kappa shape index (κ3) is 20.9. The van der Waals surface area contributed by atoms with Crippen LogP contribution in [0.5, 0.6) is 0 Å². The number of nitrogens with one attached hydrogen (secondary N) is 3. The summed E-state index contributed by atoms with van der Waals surface area (Å²) in [6.45, 7) is 4.68. The number of carboxylic acid groups (broad SMARTS) is 1. The average molecular weight is 823 g/mol. The number of benzene rings is 1. The number of carbonyl (C=O) groups excluding carboxylic acids is 3. The normalized spacial score (nSPS) is 14.0. The first-order valence-corrected chi connectivity index (χ1v) is 21.4. The van der Waals surface area contributed by atoms with Gasteiger partial charge in [0.2, 0.25) is 11.8 Å². The molecule has 0 bridgehead atoms. The van der Waals surface area contributed by atoms with Gasteiger partial charge in [-0.3, -0.25) is 14.4 Å². The summed E-state index contributed by atoms with van der Waals surface area (Å²) in [5.41, 5.74) is 0.644. The number of carboxylic acids is 1. The topological polar surface area (TPSA) is 191 Å². The van der Waals surface area contributed by atoms with Gasteiger partial charge in [0.05, 0.1) is 12.7 Å². The molecular formula is C43H58N4O8S2. The smallest absolute Gasteiger partial charge is 0.327 e. The number of carbonyl (C=O) groups is 4. The van der Waals surface area contributed by atoms with Crippen LogP contribution in [-0.2, 0) is 14.4 Å². The Hall–Kier alpha value is -4.63. The highest BCUT2D eigenvalue weighted by Crippen LogP contribution is 2.39. The average Bonchev–Trinajstić information content (AvgIpc) is 3.70. The third-order valence-electron chi connectivity index (χ3n) is 8.03. The molecule has 14 heteroatoms. The first-order chi connectivity index (χ1) is 27.5. The van der Waals surface area contributed by atoms with Gasteiger partial charge in [0, 0.05) is 35.1 Å². The monoisotopic (exact) mass is 822 g/mol. The van der Waals surface area contributed by atoms with E-state index in [-0.39, 0.29) is 24.4 Å². The number of rotatable bonds is 28. The second kappa shape index (κ2) is 28.7. The van der Waals surface area contributed by atoms with Crippen LogP contribution in [0.15, 0.2) is 114 Å². The molecule has 310 valence electrons. The number of amides is 3. The largest absolute Gasteiger partial charge is 0.480 e. The lowest BCUT2D eigenvalue weighted by Crippen LogP contribution is -2.57. The SMILES string of the molecule is CC/C=C\C/C=C\C/C=C\C/C=C\C/C=C\C/C=C\CCC(=O)NC(CSSC(C)(C)C(NC(=O)c1cc(-c2ccccc2)on1)C(=O)NCC(O)CO)C(=O)O. The Morgan fingerprint density at radius 3 is 1.95 bits per heavy atom. The second-order valence-corrected chi connectivity index (χ2v) is 16.3. The molecule has 2 aromatic rings. The van der Waals surface area contributed by atoms with Crippen LogP contribution in [0.2, 0.25) is 0 Å². The van der Waals surface area contributed by atoms with Crippen molar-refractivity contribution in [2.45, 2.75) is 95.1 Å². The predicted molar refractivity (Wildman–Crippen MR) is 230 cm³/mol. The van der Waals surface area contributed by atoms with Crippen molar-refractivity contribution in [2.24, 2.45) is 0 Å². The van der Waals surface area contributed by atoms with Crippen molar-refractivity contribution in [3.05, 3.63) is 115 Å². The summed E-state index contributed by atoms with van der Waals surface area (Å²) in [7, 11) is 2.27. The highest BCUT2D eigenvalue weighted by Gasteiger charge is 2.39. The van der Waals surface area contributed by atoms with Crippen LogP contribution in [0, 0.1) is 0 Å². The number of aromatic nitrogens is 1. The Bertz CT molecular complexity index is 1680.